The average Bonchev–Trinajstić information content (AvgIpc) is 2.02. The van der Waals surface area contributed by atoms with Crippen LogP contribution in [-0.4, -0.2) is 5.97 Å². The molecular formula is C12H22O2. The Morgan fingerprint density at radius 3 is 2.50 bits per heavy atom. The minimum atomic E-state index is -0.237. The van der Waals surface area contributed by atoms with Gasteiger partial charge in [-0.05, 0) is 25.3 Å². The van der Waals surface area contributed by atoms with Gasteiger partial charge in [0.25, 0.3) is 0 Å². The largest absolute Gasteiger partial charge is 0.432 e. The van der Waals surface area contributed by atoms with Gasteiger partial charge in [-0.15, -0.1) is 0 Å². The number of carbonyl (C=O) groups excluding carboxylic acids is 1. The molecule has 0 bridgehead atoms. The molecule has 82 valence electrons. The van der Waals surface area contributed by atoms with Crippen LogP contribution >= 0.6 is 0 Å². The van der Waals surface area contributed by atoms with E-state index in [0.29, 0.717) is 5.92 Å². The van der Waals surface area contributed by atoms with E-state index in [2.05, 4.69) is 13.8 Å². The van der Waals surface area contributed by atoms with Crippen LogP contribution in [0.4, 0.5) is 0 Å². The molecule has 0 spiro atoms. The van der Waals surface area contributed by atoms with E-state index in [1.165, 1.54) is 32.6 Å². The predicted molar refractivity (Wildman–Crippen MR) is 58.8 cm³/mol. The standard InChI is InChI=1S/C12H22O2/c1-5-6-7-8-10(2)9-11(3)14-12(4)13/h9-10H,5-8H2,1-4H3/b11-9-/t10-/m1/s1. The highest BCUT2D eigenvalue weighted by Crippen LogP contribution is 2.13. The molecule has 0 heterocycles. The Morgan fingerprint density at radius 1 is 1.36 bits per heavy atom. The van der Waals surface area contributed by atoms with Crippen LogP contribution in [0.25, 0.3) is 0 Å². The summed E-state index contributed by atoms with van der Waals surface area (Å²) >= 11 is 0. The lowest BCUT2D eigenvalue weighted by Crippen LogP contribution is -1.98. The Labute approximate surface area is 87.3 Å². The van der Waals surface area contributed by atoms with Crippen LogP contribution in [0.1, 0.15) is 53.4 Å². The van der Waals surface area contributed by atoms with Crippen molar-refractivity contribution in [2.75, 3.05) is 0 Å². The third kappa shape index (κ3) is 7.84. The minimum Gasteiger partial charge on any atom is -0.432 e. The van der Waals surface area contributed by atoms with Gasteiger partial charge in [0.15, 0.2) is 0 Å². The van der Waals surface area contributed by atoms with Crippen molar-refractivity contribution in [1.29, 1.82) is 0 Å². The van der Waals surface area contributed by atoms with E-state index >= 15 is 0 Å². The van der Waals surface area contributed by atoms with Gasteiger partial charge in [-0.25, -0.2) is 0 Å². The lowest BCUT2D eigenvalue weighted by atomic mass is 10.0. The number of ether oxygens (including phenoxy) is 1. The highest BCUT2D eigenvalue weighted by Gasteiger charge is 2.01. The quantitative estimate of drug-likeness (QED) is 0.370. The molecule has 0 saturated heterocycles. The summed E-state index contributed by atoms with van der Waals surface area (Å²) in [5.74, 6) is 0.988. The van der Waals surface area contributed by atoms with Gasteiger partial charge >= 0.3 is 5.97 Å². The van der Waals surface area contributed by atoms with Crippen LogP contribution in [0.5, 0.6) is 0 Å². The summed E-state index contributed by atoms with van der Waals surface area (Å²) < 4.78 is 4.95. The molecule has 0 aliphatic carbocycles. The van der Waals surface area contributed by atoms with Crippen LogP contribution in [0, 0.1) is 5.92 Å². The normalized spacial score (nSPS) is 13.9. The lowest BCUT2D eigenvalue weighted by molar-refractivity contribution is -0.136. The molecule has 0 aliphatic rings. The molecule has 0 unspecified atom stereocenters. The second-order valence-corrected chi connectivity index (χ2v) is 3.84. The first-order chi connectivity index (χ1) is 6.56. The van der Waals surface area contributed by atoms with Gasteiger partial charge in [0.1, 0.15) is 5.76 Å². The fourth-order valence-corrected chi connectivity index (χ4v) is 1.46. The van der Waals surface area contributed by atoms with Gasteiger partial charge in [0.05, 0.1) is 0 Å². The van der Waals surface area contributed by atoms with Crippen molar-refractivity contribution in [1.82, 2.24) is 0 Å². The van der Waals surface area contributed by atoms with E-state index in [-0.39, 0.29) is 5.97 Å². The predicted octanol–water partition coefficient (Wildman–Crippen LogP) is 3.67. The Hall–Kier alpha value is -0.790. The molecule has 0 amide bonds. The lowest BCUT2D eigenvalue weighted by Gasteiger charge is -2.07. The van der Waals surface area contributed by atoms with E-state index in [1.54, 1.807) is 0 Å². The number of hydrogen-bond donors (Lipinski definition) is 0. The Kier molecular flexibility index (Phi) is 7.17. The van der Waals surface area contributed by atoms with Crippen LogP contribution in [0.2, 0.25) is 0 Å². The van der Waals surface area contributed by atoms with Crippen molar-refractivity contribution in [2.45, 2.75) is 53.4 Å². The van der Waals surface area contributed by atoms with Gasteiger partial charge in [-0.2, -0.15) is 0 Å². The summed E-state index contributed by atoms with van der Waals surface area (Å²) in [5.41, 5.74) is 0. The average molecular weight is 198 g/mol. The minimum absolute atomic E-state index is 0.237. The van der Waals surface area contributed by atoms with Crippen molar-refractivity contribution in [2.24, 2.45) is 5.92 Å². The van der Waals surface area contributed by atoms with Crippen LogP contribution < -0.4 is 0 Å². The number of esters is 1. The molecule has 14 heavy (non-hydrogen) atoms. The van der Waals surface area contributed by atoms with E-state index in [9.17, 15) is 4.79 Å². The van der Waals surface area contributed by atoms with Crippen molar-refractivity contribution >= 4 is 5.97 Å². The van der Waals surface area contributed by atoms with Crippen LogP contribution in [0.3, 0.4) is 0 Å². The zero-order chi connectivity index (χ0) is 11.0. The van der Waals surface area contributed by atoms with E-state index in [4.69, 9.17) is 4.74 Å². The van der Waals surface area contributed by atoms with Gasteiger partial charge in [0, 0.05) is 6.92 Å². The summed E-state index contributed by atoms with van der Waals surface area (Å²) in [4.78, 5) is 10.6. The molecule has 1 atom stereocenters. The molecule has 0 N–H and O–H groups in total. The summed E-state index contributed by atoms with van der Waals surface area (Å²) in [7, 11) is 0. The number of unbranched alkanes of at least 4 members (excludes halogenated alkanes) is 2. The summed E-state index contributed by atoms with van der Waals surface area (Å²) in [5, 5.41) is 0. The van der Waals surface area contributed by atoms with Crippen molar-refractivity contribution < 1.29 is 9.53 Å². The molecule has 2 nitrogen and oxygen atoms in total. The SMILES string of the molecule is CCCCC[C@@H](C)/C=C(/C)OC(C)=O. The molecular weight excluding hydrogens is 176 g/mol. The summed E-state index contributed by atoms with van der Waals surface area (Å²) in [6, 6.07) is 0. The maximum absolute atomic E-state index is 10.6. The second-order valence-electron chi connectivity index (χ2n) is 3.84. The first-order valence-electron chi connectivity index (χ1n) is 5.43. The molecule has 0 radical (unpaired) electrons. The summed E-state index contributed by atoms with van der Waals surface area (Å²) in [6.45, 7) is 7.62. The Balaban J connectivity index is 3.77. The molecule has 0 aromatic rings. The zero-order valence-corrected chi connectivity index (χ0v) is 9.80. The van der Waals surface area contributed by atoms with Crippen molar-refractivity contribution in [3.05, 3.63) is 11.8 Å². The van der Waals surface area contributed by atoms with Gasteiger partial charge < -0.3 is 4.74 Å². The third-order valence-electron chi connectivity index (χ3n) is 2.09. The van der Waals surface area contributed by atoms with Crippen molar-refractivity contribution in [3.8, 4) is 0 Å². The molecule has 0 fully saturated rings. The molecule has 0 saturated carbocycles. The zero-order valence-electron chi connectivity index (χ0n) is 9.80. The van der Waals surface area contributed by atoms with Gasteiger partial charge in [0.2, 0.25) is 0 Å². The fraction of sp³-hybridized carbons (Fsp3) is 0.750. The molecule has 0 aromatic heterocycles. The van der Waals surface area contributed by atoms with E-state index in [0.717, 1.165) is 5.76 Å². The van der Waals surface area contributed by atoms with E-state index in [1.807, 2.05) is 13.0 Å². The highest BCUT2D eigenvalue weighted by molar-refractivity contribution is 5.67. The first kappa shape index (κ1) is 13.2. The van der Waals surface area contributed by atoms with Crippen molar-refractivity contribution in [3.63, 3.8) is 0 Å². The smallest absolute Gasteiger partial charge is 0.307 e. The van der Waals surface area contributed by atoms with Gasteiger partial charge in [-0.3, -0.25) is 4.79 Å². The number of hydrogen-bond acceptors (Lipinski definition) is 2. The first-order valence-corrected chi connectivity index (χ1v) is 5.43. The monoisotopic (exact) mass is 198 g/mol. The second kappa shape index (κ2) is 7.60. The number of rotatable bonds is 6. The van der Waals surface area contributed by atoms with Crippen LogP contribution in [0.15, 0.2) is 11.8 Å². The maximum Gasteiger partial charge on any atom is 0.307 e. The molecule has 0 aromatic carbocycles. The molecule has 2 heteroatoms. The van der Waals surface area contributed by atoms with Gasteiger partial charge in [-0.1, -0.05) is 33.1 Å². The third-order valence-corrected chi connectivity index (χ3v) is 2.09. The van der Waals surface area contributed by atoms with E-state index < -0.39 is 0 Å². The number of allylic oxidation sites excluding steroid dienone is 2. The summed E-state index contributed by atoms with van der Waals surface area (Å²) in [6.07, 6.45) is 6.98. The maximum atomic E-state index is 10.6. The molecule has 0 rings (SSSR count). The fourth-order valence-electron chi connectivity index (χ4n) is 1.46. The Bertz CT molecular complexity index is 194. The van der Waals surface area contributed by atoms with Crippen LogP contribution in [-0.2, 0) is 9.53 Å². The topological polar surface area (TPSA) is 26.3 Å². The molecule has 0 aliphatic heterocycles. The highest BCUT2D eigenvalue weighted by atomic mass is 16.5. The Morgan fingerprint density at radius 2 is 2.00 bits per heavy atom. The number of carbonyl (C=O) groups is 1.